The van der Waals surface area contributed by atoms with Crippen molar-refractivity contribution >= 4 is 31.9 Å². The zero-order valence-corrected chi connectivity index (χ0v) is 25.7. The van der Waals surface area contributed by atoms with Crippen LogP contribution in [0.25, 0.3) is 0 Å². The van der Waals surface area contributed by atoms with Gasteiger partial charge in [0.25, 0.3) is 0 Å². The Labute approximate surface area is 237 Å². The molecule has 0 radical (unpaired) electrons. The molecule has 4 nitrogen and oxygen atoms in total. The highest BCUT2D eigenvalue weighted by atomic mass is 79.9. The van der Waals surface area contributed by atoms with Crippen molar-refractivity contribution in [2.24, 2.45) is 0 Å². The van der Waals surface area contributed by atoms with Gasteiger partial charge in [0.15, 0.2) is 0 Å². The van der Waals surface area contributed by atoms with E-state index in [1.165, 1.54) is 77.0 Å². The Morgan fingerprint density at radius 1 is 0.583 bits per heavy atom. The van der Waals surface area contributed by atoms with Crippen LogP contribution in [0.5, 0.6) is 11.5 Å². The summed E-state index contributed by atoms with van der Waals surface area (Å²) in [6, 6.07) is 8.26. The summed E-state index contributed by atoms with van der Waals surface area (Å²) in [6.07, 6.45) is 19.8. The van der Waals surface area contributed by atoms with E-state index in [9.17, 15) is 10.5 Å². The lowest BCUT2D eigenvalue weighted by Crippen LogP contribution is -2.06. The quantitative estimate of drug-likeness (QED) is 0.0949. The van der Waals surface area contributed by atoms with E-state index in [0.717, 1.165) is 36.8 Å². The van der Waals surface area contributed by atoms with Gasteiger partial charge in [-0.3, -0.25) is 0 Å². The van der Waals surface area contributed by atoms with Gasteiger partial charge < -0.3 is 9.47 Å². The van der Waals surface area contributed by atoms with Crippen LogP contribution in [0.15, 0.2) is 12.1 Å². The Morgan fingerprint density at radius 3 is 1.19 bits per heavy atom. The van der Waals surface area contributed by atoms with Crippen LogP contribution in [0.3, 0.4) is 0 Å². The molecule has 36 heavy (non-hydrogen) atoms. The van der Waals surface area contributed by atoms with Crippen molar-refractivity contribution in [2.45, 2.75) is 126 Å². The van der Waals surface area contributed by atoms with E-state index < -0.39 is 9.65 Å². The fourth-order valence-electron chi connectivity index (χ4n) is 4.21. The van der Waals surface area contributed by atoms with Gasteiger partial charge in [-0.15, -0.1) is 0 Å². The van der Waals surface area contributed by atoms with Crippen LogP contribution < -0.4 is 9.47 Å². The van der Waals surface area contributed by atoms with Crippen molar-refractivity contribution in [3.63, 3.8) is 0 Å². The van der Waals surface area contributed by atoms with Crippen LogP contribution in [0, 0.1) is 22.7 Å². The van der Waals surface area contributed by atoms with Crippen molar-refractivity contribution < 1.29 is 9.47 Å². The lowest BCUT2D eigenvalue weighted by molar-refractivity contribution is 0.292. The SMILES string of the molecule is CCCCCCCCCCOc1cc(C(Br)C#N)c(OCCCCCCCCCC)cc1C(Br)C#N. The van der Waals surface area contributed by atoms with E-state index in [1.807, 2.05) is 12.1 Å². The van der Waals surface area contributed by atoms with Gasteiger partial charge in [0.2, 0.25) is 0 Å². The number of alkyl halides is 2. The molecule has 0 aliphatic carbocycles. The maximum atomic E-state index is 9.55. The van der Waals surface area contributed by atoms with Crippen LogP contribution in [-0.4, -0.2) is 13.2 Å². The van der Waals surface area contributed by atoms with Gasteiger partial charge in [0, 0.05) is 11.1 Å². The highest BCUT2D eigenvalue weighted by Crippen LogP contribution is 2.41. The van der Waals surface area contributed by atoms with Gasteiger partial charge in [-0.25, -0.2) is 0 Å². The number of benzene rings is 1. The molecule has 1 aromatic rings. The predicted octanol–water partition coefficient (Wildman–Crippen LogP) is 10.6. The lowest BCUT2D eigenvalue weighted by atomic mass is 10.0. The van der Waals surface area contributed by atoms with Gasteiger partial charge in [0.1, 0.15) is 21.2 Å². The van der Waals surface area contributed by atoms with E-state index in [0.29, 0.717) is 24.7 Å². The maximum absolute atomic E-state index is 9.55. The molecule has 0 aliphatic heterocycles. The number of nitrogens with zero attached hydrogens (tertiary/aromatic N) is 2. The fourth-order valence-corrected chi connectivity index (χ4v) is 4.93. The second-order valence-corrected chi connectivity index (χ2v) is 11.4. The molecule has 0 aromatic heterocycles. The summed E-state index contributed by atoms with van der Waals surface area (Å²) in [6.45, 7) is 5.69. The van der Waals surface area contributed by atoms with Crippen molar-refractivity contribution in [1.29, 1.82) is 10.5 Å². The molecule has 1 aromatic carbocycles. The molecule has 0 amide bonds. The number of rotatable bonds is 22. The third kappa shape index (κ3) is 13.9. The summed E-state index contributed by atoms with van der Waals surface area (Å²) in [4.78, 5) is -0.997. The molecule has 0 saturated carbocycles. The smallest absolute Gasteiger partial charge is 0.130 e. The number of hydrogen-bond donors (Lipinski definition) is 0. The Hall–Kier alpha value is -1.24. The summed E-state index contributed by atoms with van der Waals surface area (Å²) >= 11 is 6.93. The van der Waals surface area contributed by atoms with Crippen LogP contribution in [0.4, 0.5) is 0 Å². The second kappa shape index (κ2) is 21.8. The van der Waals surface area contributed by atoms with Crippen molar-refractivity contribution in [2.75, 3.05) is 13.2 Å². The molecule has 2 unspecified atom stereocenters. The molecule has 0 heterocycles. The van der Waals surface area contributed by atoms with Crippen molar-refractivity contribution in [1.82, 2.24) is 0 Å². The topological polar surface area (TPSA) is 66.0 Å². The van der Waals surface area contributed by atoms with Gasteiger partial charge in [-0.1, -0.05) is 136 Å². The number of halogens is 2. The van der Waals surface area contributed by atoms with Crippen LogP contribution in [0.1, 0.15) is 137 Å². The van der Waals surface area contributed by atoms with E-state index in [1.54, 1.807) is 0 Å². The summed E-state index contributed by atoms with van der Waals surface area (Å²) in [5, 5.41) is 19.1. The Morgan fingerprint density at radius 2 is 0.889 bits per heavy atom. The third-order valence-electron chi connectivity index (χ3n) is 6.43. The molecule has 202 valence electrons. The highest BCUT2D eigenvalue weighted by molar-refractivity contribution is 9.09. The molecule has 0 bridgehead atoms. The summed E-state index contributed by atoms with van der Waals surface area (Å²) < 4.78 is 12.3. The highest BCUT2D eigenvalue weighted by Gasteiger charge is 2.21. The average Bonchev–Trinajstić information content (AvgIpc) is 2.90. The lowest BCUT2D eigenvalue weighted by Gasteiger charge is -2.19. The first-order valence-electron chi connectivity index (χ1n) is 14.1. The Bertz CT molecular complexity index is 723. The van der Waals surface area contributed by atoms with Gasteiger partial charge >= 0.3 is 0 Å². The molecule has 0 aliphatic rings. The van der Waals surface area contributed by atoms with E-state index in [-0.39, 0.29) is 0 Å². The Balaban J connectivity index is 2.68. The zero-order chi connectivity index (χ0) is 26.4. The molecule has 2 atom stereocenters. The van der Waals surface area contributed by atoms with Gasteiger partial charge in [-0.2, -0.15) is 10.5 Å². The van der Waals surface area contributed by atoms with Crippen LogP contribution in [0.2, 0.25) is 0 Å². The minimum atomic E-state index is -0.499. The van der Waals surface area contributed by atoms with Crippen LogP contribution in [-0.2, 0) is 0 Å². The molecule has 0 fully saturated rings. The molecule has 1 rings (SSSR count). The zero-order valence-electron chi connectivity index (χ0n) is 22.5. The maximum Gasteiger partial charge on any atom is 0.130 e. The Kier molecular flexibility index (Phi) is 19.9. The summed E-state index contributed by atoms with van der Waals surface area (Å²) in [5.41, 5.74) is 1.51. The number of hydrogen-bond acceptors (Lipinski definition) is 4. The van der Waals surface area contributed by atoms with Crippen molar-refractivity contribution in [3.05, 3.63) is 23.3 Å². The number of nitriles is 2. The van der Waals surface area contributed by atoms with E-state index >= 15 is 0 Å². The summed E-state index contributed by atoms with van der Waals surface area (Å²) in [5.74, 6) is 1.30. The normalized spacial score (nSPS) is 12.5. The van der Waals surface area contributed by atoms with Gasteiger partial charge in [-0.05, 0) is 25.0 Å². The van der Waals surface area contributed by atoms with Crippen molar-refractivity contribution in [3.8, 4) is 23.6 Å². The monoisotopic (exact) mass is 624 g/mol. The average molecular weight is 627 g/mol. The second-order valence-electron chi connectivity index (χ2n) is 9.56. The predicted molar refractivity (Wildman–Crippen MR) is 157 cm³/mol. The standard InChI is InChI=1S/C30H46Br2N2O2/c1-3-5-7-9-11-13-15-17-19-35-29-21-26(28(32)24-34)30(22-25(29)27(31)23-33)36-20-18-16-14-12-10-8-6-4-2/h21-22,27-28H,3-20H2,1-2H3. The van der Waals surface area contributed by atoms with Gasteiger partial charge in [0.05, 0.1) is 25.4 Å². The first-order chi connectivity index (χ1) is 17.6. The number of ether oxygens (including phenoxy) is 2. The first-order valence-corrected chi connectivity index (χ1v) is 15.9. The summed E-state index contributed by atoms with van der Waals surface area (Å²) in [7, 11) is 0. The van der Waals surface area contributed by atoms with Crippen LogP contribution >= 0.6 is 31.9 Å². The minimum Gasteiger partial charge on any atom is -0.493 e. The third-order valence-corrected chi connectivity index (χ3v) is 7.82. The fraction of sp³-hybridized carbons (Fsp3) is 0.733. The first kappa shape index (κ1) is 32.8. The molecular weight excluding hydrogens is 580 g/mol. The largest absolute Gasteiger partial charge is 0.493 e. The molecule has 0 saturated heterocycles. The molecular formula is C30H46Br2N2O2. The molecule has 6 heteroatoms. The number of unbranched alkanes of at least 4 members (excludes halogenated alkanes) is 14. The molecule has 0 spiro atoms. The van der Waals surface area contributed by atoms with E-state index in [2.05, 4.69) is 57.8 Å². The molecule has 0 N–H and O–H groups in total. The van der Waals surface area contributed by atoms with E-state index in [4.69, 9.17) is 9.47 Å². The minimum absolute atomic E-state index is 0.499.